The van der Waals surface area contributed by atoms with Gasteiger partial charge in [0.15, 0.2) is 0 Å². The van der Waals surface area contributed by atoms with Gasteiger partial charge in [-0.15, -0.1) is 0 Å². The van der Waals surface area contributed by atoms with E-state index in [0.29, 0.717) is 18.9 Å². The van der Waals surface area contributed by atoms with E-state index >= 15 is 0 Å². The Bertz CT molecular complexity index is 1150. The molecule has 2 aromatic carbocycles. The first kappa shape index (κ1) is 21.0. The number of carboxylic acid groups (broad SMARTS) is 1. The molecule has 168 valence electrons. The number of piperidine rings is 1. The summed E-state index contributed by atoms with van der Waals surface area (Å²) in [5.41, 5.74) is 4.09. The van der Waals surface area contributed by atoms with Crippen molar-refractivity contribution in [2.45, 2.75) is 50.8 Å². The summed E-state index contributed by atoms with van der Waals surface area (Å²) in [6, 6.07) is 11.3. The van der Waals surface area contributed by atoms with Crippen LogP contribution in [0.3, 0.4) is 0 Å². The van der Waals surface area contributed by atoms with Crippen molar-refractivity contribution in [1.29, 1.82) is 0 Å². The van der Waals surface area contributed by atoms with Gasteiger partial charge in [-0.3, -0.25) is 4.90 Å². The Balaban J connectivity index is 1.52. The highest BCUT2D eigenvalue weighted by atomic mass is 16.5. The molecule has 0 unspecified atom stereocenters. The van der Waals surface area contributed by atoms with Crippen molar-refractivity contribution in [2.24, 2.45) is 5.92 Å². The van der Waals surface area contributed by atoms with Crippen LogP contribution >= 0.6 is 0 Å². The van der Waals surface area contributed by atoms with Gasteiger partial charge in [-0.25, -0.2) is 4.79 Å². The molecular weight excluding hydrogens is 404 g/mol. The largest absolute Gasteiger partial charge is 0.496 e. The number of hydrogen-bond donors (Lipinski definition) is 3. The number of nitrogens with one attached hydrogen (secondary N) is 1. The van der Waals surface area contributed by atoms with Crippen molar-refractivity contribution >= 4 is 16.9 Å². The molecule has 0 radical (unpaired) electrons. The highest BCUT2D eigenvalue weighted by molar-refractivity contribution is 5.88. The minimum atomic E-state index is -0.925. The second-order valence-electron chi connectivity index (χ2n) is 9.39. The summed E-state index contributed by atoms with van der Waals surface area (Å²) in [5.74, 6) is 0.333. The van der Waals surface area contributed by atoms with Crippen molar-refractivity contribution in [3.05, 3.63) is 64.8 Å². The van der Waals surface area contributed by atoms with E-state index in [1.54, 1.807) is 19.2 Å². The number of aliphatic hydroxyl groups is 1. The van der Waals surface area contributed by atoms with E-state index in [2.05, 4.69) is 28.9 Å². The smallest absolute Gasteiger partial charge is 0.335 e. The normalized spacial score (nSPS) is 24.0. The third-order valence-electron chi connectivity index (χ3n) is 7.39. The Hall–Kier alpha value is -2.83. The quantitative estimate of drug-likeness (QED) is 0.525. The van der Waals surface area contributed by atoms with Gasteiger partial charge < -0.3 is 19.9 Å². The second kappa shape index (κ2) is 7.94. The van der Waals surface area contributed by atoms with Gasteiger partial charge in [0.2, 0.25) is 0 Å². The van der Waals surface area contributed by atoms with Gasteiger partial charge in [-0.1, -0.05) is 12.1 Å². The predicted octanol–water partition coefficient (Wildman–Crippen LogP) is 4.66. The number of H-pyrrole nitrogens is 1. The molecule has 2 atom stereocenters. The molecule has 5 rings (SSSR count). The first-order valence-corrected chi connectivity index (χ1v) is 11.3. The van der Waals surface area contributed by atoms with E-state index in [0.717, 1.165) is 59.2 Å². The maximum Gasteiger partial charge on any atom is 0.335 e. The number of hydrogen-bond acceptors (Lipinski definition) is 4. The molecule has 2 heterocycles. The number of aromatic nitrogens is 1. The van der Waals surface area contributed by atoms with Gasteiger partial charge in [0.25, 0.3) is 0 Å². The van der Waals surface area contributed by atoms with Crippen LogP contribution in [0.4, 0.5) is 0 Å². The fourth-order valence-electron chi connectivity index (χ4n) is 5.40. The van der Waals surface area contributed by atoms with Crippen LogP contribution in [0, 0.1) is 12.8 Å². The van der Waals surface area contributed by atoms with Crippen LogP contribution < -0.4 is 4.74 Å². The van der Waals surface area contributed by atoms with Crippen LogP contribution in [0.5, 0.6) is 5.75 Å². The van der Waals surface area contributed by atoms with Crippen LogP contribution in [0.2, 0.25) is 0 Å². The summed E-state index contributed by atoms with van der Waals surface area (Å²) in [7, 11) is 1.71. The number of methoxy groups -OCH3 is 1. The standard InChI is InChI=1S/C26H30N2O4/c1-16-13-23(32-2)21(20-9-11-27-24(16)20)15-28-12-10-26(31,19-7-8-19)14-22(28)17-3-5-18(6-4-17)25(29)30/h3-6,9,11,13,19,22,27,31H,7-8,10,12,14-15H2,1-2H3,(H,29,30)/t22-,26-/m0/s1. The molecular formula is C26H30N2O4. The Kier molecular flexibility index (Phi) is 5.22. The van der Waals surface area contributed by atoms with Crippen molar-refractivity contribution in [1.82, 2.24) is 9.88 Å². The lowest BCUT2D eigenvalue weighted by molar-refractivity contribution is -0.0661. The molecule has 1 aromatic heterocycles. The summed E-state index contributed by atoms with van der Waals surface area (Å²) in [6.45, 7) is 3.56. The molecule has 1 saturated carbocycles. The van der Waals surface area contributed by atoms with E-state index in [1.165, 1.54) is 0 Å². The summed E-state index contributed by atoms with van der Waals surface area (Å²) in [6.07, 6.45) is 5.57. The van der Waals surface area contributed by atoms with Crippen LogP contribution in [-0.4, -0.2) is 45.3 Å². The number of ether oxygens (including phenoxy) is 1. The van der Waals surface area contributed by atoms with Crippen LogP contribution in [0.1, 0.15) is 58.8 Å². The Morgan fingerprint density at radius 3 is 2.66 bits per heavy atom. The maximum atomic E-state index is 11.4. The van der Waals surface area contributed by atoms with Crippen LogP contribution in [0.15, 0.2) is 42.6 Å². The number of aromatic carboxylic acids is 1. The summed E-state index contributed by atoms with van der Waals surface area (Å²) in [4.78, 5) is 17.1. The monoisotopic (exact) mass is 434 g/mol. The van der Waals surface area contributed by atoms with Gasteiger partial charge in [0.1, 0.15) is 5.75 Å². The molecule has 0 amide bonds. The second-order valence-corrected chi connectivity index (χ2v) is 9.39. The van der Waals surface area contributed by atoms with E-state index in [9.17, 15) is 15.0 Å². The first-order chi connectivity index (χ1) is 15.4. The minimum Gasteiger partial charge on any atom is -0.496 e. The number of benzene rings is 2. The zero-order chi connectivity index (χ0) is 22.5. The lowest BCUT2D eigenvalue weighted by atomic mass is 9.80. The molecule has 3 aromatic rings. The van der Waals surface area contributed by atoms with Crippen LogP contribution in [-0.2, 0) is 6.54 Å². The number of carbonyl (C=O) groups is 1. The van der Waals surface area contributed by atoms with Gasteiger partial charge in [-0.2, -0.15) is 0 Å². The number of carboxylic acids is 1. The molecule has 32 heavy (non-hydrogen) atoms. The SMILES string of the molecule is COc1cc(C)c2[nH]ccc2c1CN1CC[C@@](O)(C2CC2)C[C@H]1c1ccc(C(=O)O)cc1. The number of nitrogens with zero attached hydrogens (tertiary/aromatic N) is 1. The molecule has 2 aliphatic rings. The van der Waals surface area contributed by atoms with Gasteiger partial charge in [0.05, 0.1) is 18.3 Å². The summed E-state index contributed by atoms with van der Waals surface area (Å²) < 4.78 is 5.76. The van der Waals surface area contributed by atoms with Gasteiger partial charge >= 0.3 is 5.97 Å². The van der Waals surface area contributed by atoms with Gasteiger partial charge in [0, 0.05) is 41.8 Å². The molecule has 0 spiro atoms. The van der Waals surface area contributed by atoms with E-state index in [4.69, 9.17) is 4.74 Å². The minimum absolute atomic E-state index is 0.0113. The van der Waals surface area contributed by atoms with Crippen LogP contribution in [0.25, 0.3) is 10.9 Å². The number of rotatable bonds is 6. The van der Waals surface area contributed by atoms with E-state index < -0.39 is 11.6 Å². The Labute approximate surface area is 187 Å². The molecule has 1 saturated heterocycles. The summed E-state index contributed by atoms with van der Waals surface area (Å²) >= 11 is 0. The van der Waals surface area contributed by atoms with E-state index in [1.807, 2.05) is 18.3 Å². The number of aryl methyl sites for hydroxylation is 1. The zero-order valence-corrected chi connectivity index (χ0v) is 18.6. The van der Waals surface area contributed by atoms with Crippen molar-refractivity contribution in [3.8, 4) is 5.75 Å². The summed E-state index contributed by atoms with van der Waals surface area (Å²) in [5, 5.41) is 21.8. The Morgan fingerprint density at radius 2 is 2.00 bits per heavy atom. The Morgan fingerprint density at radius 1 is 1.25 bits per heavy atom. The van der Waals surface area contributed by atoms with E-state index in [-0.39, 0.29) is 11.6 Å². The third kappa shape index (κ3) is 3.67. The molecule has 1 aliphatic carbocycles. The fourth-order valence-corrected chi connectivity index (χ4v) is 5.40. The molecule has 3 N–H and O–H groups in total. The highest BCUT2D eigenvalue weighted by Crippen LogP contribution is 2.50. The highest BCUT2D eigenvalue weighted by Gasteiger charge is 2.48. The fraction of sp³-hybridized carbons (Fsp3) is 0.423. The molecule has 0 bridgehead atoms. The van der Waals surface area contributed by atoms with Crippen molar-refractivity contribution in [3.63, 3.8) is 0 Å². The molecule has 6 nitrogen and oxygen atoms in total. The average molecular weight is 435 g/mol. The lowest BCUT2D eigenvalue weighted by Crippen LogP contribution is -2.47. The maximum absolute atomic E-state index is 11.4. The molecule has 1 aliphatic heterocycles. The topological polar surface area (TPSA) is 85.8 Å². The first-order valence-electron chi connectivity index (χ1n) is 11.3. The molecule has 6 heteroatoms. The third-order valence-corrected chi connectivity index (χ3v) is 7.39. The van der Waals surface area contributed by atoms with Gasteiger partial charge in [-0.05, 0) is 73.9 Å². The number of likely N-dealkylation sites (tertiary alicyclic amines) is 1. The van der Waals surface area contributed by atoms with Crippen molar-refractivity contribution < 1.29 is 19.7 Å². The number of aromatic amines is 1. The average Bonchev–Trinajstić information content (AvgIpc) is 3.54. The van der Waals surface area contributed by atoms with Crippen molar-refractivity contribution in [2.75, 3.05) is 13.7 Å². The number of fused-ring (bicyclic) bond motifs is 1. The molecule has 2 fully saturated rings. The predicted molar refractivity (Wildman–Crippen MR) is 123 cm³/mol. The lowest BCUT2D eigenvalue weighted by Gasteiger charge is -2.45. The zero-order valence-electron chi connectivity index (χ0n) is 18.6.